The molecule has 1 unspecified atom stereocenters. The molecular formula is C26H44N2O2S. The number of unbranched alkanes of at least 4 members (excludes halogenated alkanes) is 3. The van der Waals surface area contributed by atoms with Crippen molar-refractivity contribution in [3.05, 3.63) is 67.3 Å². The third-order valence-corrected chi connectivity index (χ3v) is 5.16. The van der Waals surface area contributed by atoms with Crippen molar-refractivity contribution in [1.29, 1.82) is 0 Å². The van der Waals surface area contributed by atoms with Crippen LogP contribution in [0.15, 0.2) is 56.2 Å². The molecule has 176 valence electrons. The lowest BCUT2D eigenvalue weighted by Crippen LogP contribution is -2.33. The minimum atomic E-state index is -0.0670. The van der Waals surface area contributed by atoms with Crippen molar-refractivity contribution >= 4 is 23.4 Å². The van der Waals surface area contributed by atoms with E-state index in [0.717, 1.165) is 30.5 Å². The molecule has 1 rings (SSSR count). The van der Waals surface area contributed by atoms with E-state index in [4.69, 9.17) is 4.84 Å². The van der Waals surface area contributed by atoms with Gasteiger partial charge in [0.15, 0.2) is 0 Å². The minimum absolute atomic E-state index is 0.0479. The highest BCUT2D eigenvalue weighted by Crippen LogP contribution is 2.21. The Morgan fingerprint density at radius 3 is 2.39 bits per heavy atom. The van der Waals surface area contributed by atoms with Gasteiger partial charge in [0.2, 0.25) is 5.91 Å². The number of amides is 1. The van der Waals surface area contributed by atoms with Gasteiger partial charge in [0.05, 0.1) is 18.9 Å². The number of hydrogen-bond acceptors (Lipinski definition) is 4. The summed E-state index contributed by atoms with van der Waals surface area (Å²) in [6, 6.07) is 8.35. The molecule has 0 aromatic heterocycles. The van der Waals surface area contributed by atoms with Crippen molar-refractivity contribution in [1.82, 2.24) is 10.4 Å². The SMILES string of the molecule is C=CC.C=CCCCCCc1ccccc1C(=C)NC(CC(=O)N(C)OC)SC.CC. The standard InChI is InChI=1S/C21H32N2O2S.C3H6.C2H6/c1-6-7-8-9-10-13-18-14-11-12-15-19(18)17(2)22-20(26-5)16-21(24)23(3)25-4;1-3-2;1-2/h6,11-12,14-15,20,22H,1-2,7-10,13,16H2,3-5H3;3H,1H2,2H3;1-2H3. The summed E-state index contributed by atoms with van der Waals surface area (Å²) in [6.07, 6.45) is 11.7. The fourth-order valence-electron chi connectivity index (χ4n) is 2.67. The summed E-state index contributed by atoms with van der Waals surface area (Å²) in [5.41, 5.74) is 3.28. The van der Waals surface area contributed by atoms with Gasteiger partial charge in [-0.15, -0.1) is 24.9 Å². The van der Waals surface area contributed by atoms with E-state index in [9.17, 15) is 4.79 Å². The predicted molar refractivity (Wildman–Crippen MR) is 140 cm³/mol. The van der Waals surface area contributed by atoms with Crippen molar-refractivity contribution in [3.63, 3.8) is 0 Å². The van der Waals surface area contributed by atoms with E-state index >= 15 is 0 Å². The molecule has 0 bridgehead atoms. The van der Waals surface area contributed by atoms with Crippen molar-refractivity contribution in [2.45, 2.75) is 64.7 Å². The molecule has 1 aromatic rings. The molecule has 0 aliphatic rings. The first kappa shape index (κ1) is 31.2. The highest BCUT2D eigenvalue weighted by Gasteiger charge is 2.17. The number of rotatable bonds is 13. The van der Waals surface area contributed by atoms with Crippen LogP contribution in [0.4, 0.5) is 0 Å². The van der Waals surface area contributed by atoms with Crippen LogP contribution in [-0.2, 0) is 16.1 Å². The second-order valence-corrected chi connectivity index (χ2v) is 7.62. The van der Waals surface area contributed by atoms with Crippen molar-refractivity contribution < 1.29 is 9.63 Å². The fourth-order valence-corrected chi connectivity index (χ4v) is 3.24. The molecule has 0 heterocycles. The molecular weight excluding hydrogens is 404 g/mol. The lowest BCUT2D eigenvalue weighted by molar-refractivity contribution is -0.168. The number of carbonyl (C=O) groups is 1. The molecule has 0 fully saturated rings. The summed E-state index contributed by atoms with van der Waals surface area (Å²) in [5, 5.41) is 4.60. The average Bonchev–Trinajstić information content (AvgIpc) is 2.79. The third kappa shape index (κ3) is 14.6. The average molecular weight is 449 g/mol. The van der Waals surface area contributed by atoms with Gasteiger partial charge in [-0.3, -0.25) is 9.63 Å². The normalized spacial score (nSPS) is 10.4. The summed E-state index contributed by atoms with van der Waals surface area (Å²) in [5.74, 6) is -0.0670. The first-order valence-corrected chi connectivity index (χ1v) is 12.3. The zero-order chi connectivity index (χ0) is 24.1. The molecule has 4 nitrogen and oxygen atoms in total. The number of carbonyl (C=O) groups excluding carboxylic acids is 1. The number of hydrogen-bond donors (Lipinski definition) is 1. The largest absolute Gasteiger partial charge is 0.373 e. The number of hydroxylamine groups is 2. The van der Waals surface area contributed by atoms with Crippen molar-refractivity contribution in [3.8, 4) is 0 Å². The van der Waals surface area contributed by atoms with E-state index < -0.39 is 0 Å². The quantitative estimate of drug-likeness (QED) is 0.155. The van der Waals surface area contributed by atoms with Crippen LogP contribution in [0.25, 0.3) is 5.70 Å². The molecule has 0 aliphatic heterocycles. The molecule has 31 heavy (non-hydrogen) atoms. The van der Waals surface area contributed by atoms with Gasteiger partial charge in [0, 0.05) is 18.3 Å². The molecule has 0 spiro atoms. The van der Waals surface area contributed by atoms with Gasteiger partial charge in [-0.25, -0.2) is 5.06 Å². The van der Waals surface area contributed by atoms with E-state index in [1.54, 1.807) is 24.9 Å². The third-order valence-electron chi connectivity index (χ3n) is 4.30. The Bertz CT molecular complexity index is 632. The van der Waals surface area contributed by atoms with Gasteiger partial charge < -0.3 is 5.32 Å². The molecule has 1 aromatic carbocycles. The van der Waals surface area contributed by atoms with Crippen LogP contribution in [-0.4, -0.2) is 36.8 Å². The van der Waals surface area contributed by atoms with E-state index in [1.807, 2.05) is 39.2 Å². The first-order chi connectivity index (χ1) is 14.9. The summed E-state index contributed by atoms with van der Waals surface area (Å²) < 4.78 is 0. The number of aryl methyl sites for hydroxylation is 1. The smallest absolute Gasteiger partial charge is 0.248 e. The molecule has 0 radical (unpaired) electrons. The number of nitrogens with zero attached hydrogens (tertiary/aromatic N) is 1. The maximum Gasteiger partial charge on any atom is 0.248 e. The minimum Gasteiger partial charge on any atom is -0.373 e. The van der Waals surface area contributed by atoms with Gasteiger partial charge in [0.25, 0.3) is 0 Å². The van der Waals surface area contributed by atoms with Crippen LogP contribution in [0, 0.1) is 0 Å². The van der Waals surface area contributed by atoms with Crippen LogP contribution in [0.2, 0.25) is 0 Å². The topological polar surface area (TPSA) is 41.6 Å². The molecule has 1 N–H and O–H groups in total. The van der Waals surface area contributed by atoms with E-state index in [0.29, 0.717) is 6.42 Å². The van der Waals surface area contributed by atoms with Crippen LogP contribution in [0.5, 0.6) is 0 Å². The Hall–Kier alpha value is -1.98. The Morgan fingerprint density at radius 1 is 1.23 bits per heavy atom. The van der Waals surface area contributed by atoms with Gasteiger partial charge in [-0.2, -0.15) is 0 Å². The number of allylic oxidation sites excluding steroid dienone is 2. The monoisotopic (exact) mass is 448 g/mol. The lowest BCUT2D eigenvalue weighted by Gasteiger charge is -2.22. The van der Waals surface area contributed by atoms with E-state index in [1.165, 1.54) is 30.6 Å². The maximum absolute atomic E-state index is 12.1. The van der Waals surface area contributed by atoms with E-state index in [-0.39, 0.29) is 11.3 Å². The van der Waals surface area contributed by atoms with Gasteiger partial charge in [0.1, 0.15) is 0 Å². The lowest BCUT2D eigenvalue weighted by atomic mass is 9.99. The Kier molecular flexibility index (Phi) is 21.4. The van der Waals surface area contributed by atoms with Crippen LogP contribution in [0.1, 0.15) is 64.0 Å². The van der Waals surface area contributed by atoms with Crippen LogP contribution < -0.4 is 5.32 Å². The van der Waals surface area contributed by atoms with Crippen LogP contribution in [0.3, 0.4) is 0 Å². The van der Waals surface area contributed by atoms with Gasteiger partial charge >= 0.3 is 0 Å². The Morgan fingerprint density at radius 2 is 1.84 bits per heavy atom. The number of nitrogens with one attached hydrogen (secondary N) is 1. The number of thioether (sulfide) groups is 1. The predicted octanol–water partition coefficient (Wildman–Crippen LogP) is 6.85. The zero-order valence-corrected chi connectivity index (χ0v) is 21.4. The molecule has 0 saturated heterocycles. The van der Waals surface area contributed by atoms with Gasteiger partial charge in [-0.1, -0.05) is 63.3 Å². The molecule has 0 saturated carbocycles. The van der Waals surface area contributed by atoms with E-state index in [2.05, 4.69) is 43.3 Å². The highest BCUT2D eigenvalue weighted by atomic mass is 32.2. The highest BCUT2D eigenvalue weighted by molar-refractivity contribution is 7.99. The summed E-state index contributed by atoms with van der Waals surface area (Å²) in [4.78, 5) is 17.0. The van der Waals surface area contributed by atoms with Crippen molar-refractivity contribution in [2.24, 2.45) is 0 Å². The Labute approximate surface area is 195 Å². The Balaban J connectivity index is 0. The molecule has 1 amide bonds. The van der Waals surface area contributed by atoms with Crippen molar-refractivity contribution in [2.75, 3.05) is 20.4 Å². The fraction of sp³-hybridized carbons (Fsp3) is 0.500. The molecule has 1 atom stereocenters. The van der Waals surface area contributed by atoms with Crippen LogP contribution >= 0.6 is 11.8 Å². The van der Waals surface area contributed by atoms with Gasteiger partial charge in [-0.05, 0) is 44.4 Å². The second kappa shape index (κ2) is 21.3. The summed E-state index contributed by atoms with van der Waals surface area (Å²) in [7, 11) is 3.11. The molecule has 5 heteroatoms. The maximum atomic E-state index is 12.1. The second-order valence-electron chi connectivity index (χ2n) is 6.58. The number of benzene rings is 1. The first-order valence-electron chi connectivity index (χ1n) is 11.0. The molecule has 0 aliphatic carbocycles. The zero-order valence-electron chi connectivity index (χ0n) is 20.6. The summed E-state index contributed by atoms with van der Waals surface area (Å²) in [6.45, 7) is 17.2. The summed E-state index contributed by atoms with van der Waals surface area (Å²) >= 11 is 1.60.